The molecule has 0 bridgehead atoms. The zero-order valence-electron chi connectivity index (χ0n) is 26.6. The van der Waals surface area contributed by atoms with Crippen LogP contribution in [0.2, 0.25) is 0 Å². The Bertz CT molecular complexity index is 1060. The molecule has 1 aliphatic carbocycles. The maximum absolute atomic E-state index is 13.1. The standard InChI is InChI=1S/C27H43N7O2.C6H14/c1-20-26-24(10-11-25(30-26)33-15-4-2-3-5-16-33)34(31-20)27(36)29-22-12-17-32(18-13-22)19-14-28-21-6-8-23(35)9-7-21;1-3-5-6-4-2/h10-11,21-23,28,35H,2-9,12-19H2,1H3,(H,29,36);3-6H2,1-2H3. The molecule has 3 aliphatic rings. The Morgan fingerprint density at radius 3 is 2.21 bits per heavy atom. The van der Waals surface area contributed by atoms with Crippen molar-refractivity contribution < 1.29 is 9.90 Å². The topological polar surface area (TPSA) is 98.5 Å². The van der Waals surface area contributed by atoms with E-state index >= 15 is 0 Å². The van der Waals surface area contributed by atoms with Crippen LogP contribution < -0.4 is 15.5 Å². The molecule has 42 heavy (non-hydrogen) atoms. The van der Waals surface area contributed by atoms with Gasteiger partial charge in [-0.25, -0.2) is 9.78 Å². The molecule has 2 aromatic rings. The minimum absolute atomic E-state index is 0.0983. The Kier molecular flexibility index (Phi) is 13.4. The summed E-state index contributed by atoms with van der Waals surface area (Å²) in [5, 5.41) is 21.1. The van der Waals surface area contributed by atoms with Crippen molar-refractivity contribution in [2.24, 2.45) is 0 Å². The lowest BCUT2D eigenvalue weighted by Crippen LogP contribution is -2.48. The Morgan fingerprint density at radius 1 is 0.905 bits per heavy atom. The Hall–Kier alpha value is -2.23. The molecule has 9 nitrogen and oxygen atoms in total. The van der Waals surface area contributed by atoms with Crippen LogP contribution in [-0.2, 0) is 0 Å². The molecule has 236 valence electrons. The van der Waals surface area contributed by atoms with Crippen LogP contribution in [0.4, 0.5) is 10.6 Å². The van der Waals surface area contributed by atoms with Crippen LogP contribution in [-0.4, -0.2) is 88.3 Å². The number of likely N-dealkylation sites (tertiary alicyclic amines) is 1. The van der Waals surface area contributed by atoms with E-state index in [1.165, 1.54) is 56.0 Å². The minimum atomic E-state index is -0.156. The van der Waals surface area contributed by atoms with Gasteiger partial charge in [-0.2, -0.15) is 9.78 Å². The molecule has 0 aromatic carbocycles. The molecule has 9 heteroatoms. The second kappa shape index (κ2) is 17.2. The van der Waals surface area contributed by atoms with Crippen LogP contribution in [0.5, 0.6) is 0 Å². The number of aliphatic hydroxyl groups is 1. The number of aliphatic hydroxyl groups excluding tert-OH is 1. The van der Waals surface area contributed by atoms with Gasteiger partial charge < -0.3 is 25.5 Å². The van der Waals surface area contributed by atoms with Gasteiger partial charge in [0.2, 0.25) is 0 Å². The molecule has 2 saturated heterocycles. The average Bonchev–Trinajstić information content (AvgIpc) is 3.15. The Morgan fingerprint density at radius 2 is 1.57 bits per heavy atom. The summed E-state index contributed by atoms with van der Waals surface area (Å²) >= 11 is 0. The minimum Gasteiger partial charge on any atom is -0.393 e. The molecule has 0 unspecified atom stereocenters. The molecule has 3 N–H and O–H groups in total. The second-order valence-electron chi connectivity index (χ2n) is 12.7. The first kappa shape index (κ1) is 32.7. The molecule has 0 atom stereocenters. The van der Waals surface area contributed by atoms with Crippen LogP contribution in [0.15, 0.2) is 12.1 Å². The summed E-state index contributed by atoms with van der Waals surface area (Å²) in [6.07, 6.45) is 16.3. The van der Waals surface area contributed by atoms with E-state index in [-0.39, 0.29) is 18.2 Å². The number of unbranched alkanes of at least 4 members (excludes halogenated alkanes) is 3. The number of hydrogen-bond acceptors (Lipinski definition) is 7. The SMILES string of the molecule is CCCCCC.Cc1nn(C(=O)NC2CCN(CCNC3CCC(O)CC3)CC2)c2ccc(N3CCCCCC3)nc12. The van der Waals surface area contributed by atoms with Crippen LogP contribution in [0.1, 0.15) is 109 Å². The lowest BCUT2D eigenvalue weighted by molar-refractivity contribution is 0.115. The predicted octanol–water partition coefficient (Wildman–Crippen LogP) is 5.62. The van der Waals surface area contributed by atoms with Gasteiger partial charge in [-0.1, -0.05) is 52.4 Å². The van der Waals surface area contributed by atoms with Gasteiger partial charge in [-0.05, 0) is 70.4 Å². The molecule has 4 heterocycles. The normalized spacial score (nSPS) is 22.4. The van der Waals surface area contributed by atoms with Gasteiger partial charge in [0.05, 0.1) is 17.3 Å². The summed E-state index contributed by atoms with van der Waals surface area (Å²) in [6, 6.07) is 4.61. The fourth-order valence-corrected chi connectivity index (χ4v) is 6.50. The smallest absolute Gasteiger partial charge is 0.342 e. The number of piperidine rings is 1. The number of hydrogen-bond donors (Lipinski definition) is 3. The zero-order valence-corrected chi connectivity index (χ0v) is 26.6. The van der Waals surface area contributed by atoms with E-state index in [9.17, 15) is 9.90 Å². The van der Waals surface area contributed by atoms with Crippen LogP contribution in [0, 0.1) is 6.92 Å². The highest BCUT2D eigenvalue weighted by atomic mass is 16.3. The van der Waals surface area contributed by atoms with Gasteiger partial charge in [0.15, 0.2) is 0 Å². The average molecular weight is 584 g/mol. The lowest BCUT2D eigenvalue weighted by Gasteiger charge is -2.33. The molecule has 0 spiro atoms. The highest BCUT2D eigenvalue weighted by Gasteiger charge is 2.24. The van der Waals surface area contributed by atoms with E-state index in [1.807, 2.05) is 19.1 Å². The number of aryl methyl sites for hydroxylation is 1. The number of carbonyl (C=O) groups is 1. The van der Waals surface area contributed by atoms with Gasteiger partial charge in [0, 0.05) is 51.4 Å². The summed E-state index contributed by atoms with van der Waals surface area (Å²) < 4.78 is 1.50. The number of pyridine rings is 1. The molecular weight excluding hydrogens is 526 g/mol. The van der Waals surface area contributed by atoms with Crippen molar-refractivity contribution in [2.45, 2.75) is 129 Å². The Balaban J connectivity index is 0.000000612. The largest absolute Gasteiger partial charge is 0.393 e. The quantitative estimate of drug-likeness (QED) is 0.330. The number of rotatable bonds is 9. The van der Waals surface area contributed by atoms with Crippen molar-refractivity contribution in [3.63, 3.8) is 0 Å². The van der Waals surface area contributed by atoms with Crippen LogP contribution in [0.3, 0.4) is 0 Å². The van der Waals surface area contributed by atoms with E-state index in [4.69, 9.17) is 4.98 Å². The van der Waals surface area contributed by atoms with Crippen molar-refractivity contribution in [1.82, 2.24) is 30.3 Å². The van der Waals surface area contributed by atoms with Crippen molar-refractivity contribution in [1.29, 1.82) is 0 Å². The molecule has 1 amide bonds. The summed E-state index contributed by atoms with van der Waals surface area (Å²) in [5.74, 6) is 0.996. The number of aromatic nitrogens is 3. The zero-order chi connectivity index (χ0) is 29.7. The molecule has 1 saturated carbocycles. The van der Waals surface area contributed by atoms with Gasteiger partial charge in [0.25, 0.3) is 0 Å². The summed E-state index contributed by atoms with van der Waals surface area (Å²) in [5.41, 5.74) is 2.40. The maximum atomic E-state index is 13.1. The number of anilines is 1. The predicted molar refractivity (Wildman–Crippen MR) is 172 cm³/mol. The first-order chi connectivity index (χ1) is 20.5. The first-order valence-electron chi connectivity index (χ1n) is 17.0. The monoisotopic (exact) mass is 583 g/mol. The van der Waals surface area contributed by atoms with Crippen LogP contribution in [0.25, 0.3) is 11.0 Å². The number of fused-ring (bicyclic) bond motifs is 1. The number of amides is 1. The van der Waals surface area contributed by atoms with E-state index in [2.05, 4.69) is 39.4 Å². The van der Waals surface area contributed by atoms with E-state index < -0.39 is 0 Å². The van der Waals surface area contributed by atoms with Gasteiger partial charge in [-0.3, -0.25) is 0 Å². The first-order valence-corrected chi connectivity index (χ1v) is 17.0. The summed E-state index contributed by atoms with van der Waals surface area (Å²) in [4.78, 5) is 22.9. The number of nitrogens with zero attached hydrogens (tertiary/aromatic N) is 5. The molecule has 3 fully saturated rings. The lowest BCUT2D eigenvalue weighted by atomic mass is 9.93. The number of carbonyl (C=O) groups excluding carboxylic acids is 1. The highest BCUT2D eigenvalue weighted by Crippen LogP contribution is 2.23. The fraction of sp³-hybridized carbons (Fsp3) is 0.788. The van der Waals surface area contributed by atoms with Gasteiger partial charge in [-0.15, -0.1) is 0 Å². The van der Waals surface area contributed by atoms with Crippen molar-refractivity contribution in [3.05, 3.63) is 17.8 Å². The summed E-state index contributed by atoms with van der Waals surface area (Å²) in [7, 11) is 0. The van der Waals surface area contributed by atoms with Crippen molar-refractivity contribution >= 4 is 22.9 Å². The molecule has 0 radical (unpaired) electrons. The third-order valence-electron chi connectivity index (χ3n) is 9.23. The maximum Gasteiger partial charge on any atom is 0.342 e. The van der Waals surface area contributed by atoms with Gasteiger partial charge in [0.1, 0.15) is 11.3 Å². The van der Waals surface area contributed by atoms with Gasteiger partial charge >= 0.3 is 6.03 Å². The van der Waals surface area contributed by atoms with E-state index in [0.29, 0.717) is 6.04 Å². The fourth-order valence-electron chi connectivity index (χ4n) is 6.50. The number of nitrogens with one attached hydrogen (secondary N) is 2. The molecule has 2 aliphatic heterocycles. The third-order valence-corrected chi connectivity index (χ3v) is 9.23. The second-order valence-corrected chi connectivity index (χ2v) is 12.7. The molecule has 2 aromatic heterocycles. The molecular formula is C33H57N7O2. The Labute approximate surface area is 253 Å². The highest BCUT2D eigenvalue weighted by molar-refractivity contribution is 5.90. The van der Waals surface area contributed by atoms with E-state index in [0.717, 1.165) is 100 Å². The van der Waals surface area contributed by atoms with E-state index in [1.54, 1.807) is 0 Å². The molecule has 5 rings (SSSR count). The van der Waals surface area contributed by atoms with Crippen LogP contribution >= 0.6 is 0 Å². The summed E-state index contributed by atoms with van der Waals surface area (Å²) in [6.45, 7) is 12.5. The van der Waals surface area contributed by atoms with Crippen molar-refractivity contribution in [2.75, 3.05) is 44.2 Å². The van der Waals surface area contributed by atoms with Crippen molar-refractivity contribution in [3.8, 4) is 0 Å². The third kappa shape index (κ3) is 9.64.